The fourth-order valence-electron chi connectivity index (χ4n) is 3.09. The van der Waals surface area contributed by atoms with Gasteiger partial charge in [-0.2, -0.15) is 0 Å². The molecular formula is C19H19BrF2N2O3. The fraction of sp³-hybridized carbons (Fsp3) is 0.316. The van der Waals surface area contributed by atoms with E-state index in [4.69, 9.17) is 4.74 Å². The van der Waals surface area contributed by atoms with E-state index in [9.17, 15) is 18.7 Å². The first-order chi connectivity index (χ1) is 12.9. The largest absolute Gasteiger partial charge is 0.494 e. The van der Waals surface area contributed by atoms with Gasteiger partial charge in [-0.3, -0.25) is 4.90 Å². The number of hydrogen-bond donors (Lipinski definition) is 2. The Morgan fingerprint density at radius 3 is 2.81 bits per heavy atom. The van der Waals surface area contributed by atoms with Gasteiger partial charge in [-0.15, -0.1) is 0 Å². The third-order valence-electron chi connectivity index (χ3n) is 4.35. The Hall–Kier alpha value is -2.19. The molecule has 27 heavy (non-hydrogen) atoms. The zero-order chi connectivity index (χ0) is 19.6. The molecule has 1 aliphatic heterocycles. The number of anilines is 1. The monoisotopic (exact) mass is 440 g/mol. The second-order valence-electron chi connectivity index (χ2n) is 6.13. The Morgan fingerprint density at radius 2 is 2.11 bits per heavy atom. The van der Waals surface area contributed by atoms with Crippen molar-refractivity contribution in [3.8, 4) is 5.75 Å². The number of rotatable bonds is 5. The number of aliphatic hydroxyl groups excluding tert-OH is 1. The standard InChI is InChI=1S/C19H19BrF2N2O3/c1-2-27-14-6-12(5-13(21)8-14)17(10-25)23-19(26)24-4-3-11-7-15(20)16(22)9-18(11)24/h5-9,17,25H,2-4,10H2,1H3,(H,23,26)/t17-/m1/s1. The second-order valence-corrected chi connectivity index (χ2v) is 6.99. The van der Waals surface area contributed by atoms with Crippen molar-refractivity contribution in [3.63, 3.8) is 0 Å². The van der Waals surface area contributed by atoms with Gasteiger partial charge in [0.25, 0.3) is 0 Å². The van der Waals surface area contributed by atoms with Gasteiger partial charge in [0, 0.05) is 12.6 Å². The quantitative estimate of drug-likeness (QED) is 0.740. The van der Waals surface area contributed by atoms with Crippen molar-refractivity contribution in [2.24, 2.45) is 0 Å². The first kappa shape index (κ1) is 19.6. The van der Waals surface area contributed by atoms with Gasteiger partial charge >= 0.3 is 6.03 Å². The highest BCUT2D eigenvalue weighted by Gasteiger charge is 2.28. The zero-order valence-corrected chi connectivity index (χ0v) is 16.2. The number of hydrogen-bond acceptors (Lipinski definition) is 3. The van der Waals surface area contributed by atoms with Crippen LogP contribution in [0.3, 0.4) is 0 Å². The summed E-state index contributed by atoms with van der Waals surface area (Å²) in [5, 5.41) is 12.4. The molecule has 2 amide bonds. The van der Waals surface area contributed by atoms with E-state index < -0.39 is 30.3 Å². The van der Waals surface area contributed by atoms with Crippen molar-refractivity contribution in [2.75, 3.05) is 24.7 Å². The van der Waals surface area contributed by atoms with Crippen LogP contribution in [-0.4, -0.2) is 30.9 Å². The number of halogens is 3. The molecule has 0 fully saturated rings. The molecule has 0 saturated carbocycles. The summed E-state index contributed by atoms with van der Waals surface area (Å²) in [5.74, 6) is -0.667. The third-order valence-corrected chi connectivity index (χ3v) is 4.96. The zero-order valence-electron chi connectivity index (χ0n) is 14.6. The van der Waals surface area contributed by atoms with E-state index in [0.717, 1.165) is 5.56 Å². The van der Waals surface area contributed by atoms with Crippen molar-refractivity contribution in [1.82, 2.24) is 5.32 Å². The van der Waals surface area contributed by atoms with Crippen LogP contribution in [0, 0.1) is 11.6 Å². The van der Waals surface area contributed by atoms with Crippen LogP contribution < -0.4 is 15.0 Å². The maximum atomic E-state index is 13.9. The van der Waals surface area contributed by atoms with Crippen molar-refractivity contribution < 1.29 is 23.4 Å². The van der Waals surface area contributed by atoms with Gasteiger partial charge in [0.15, 0.2) is 0 Å². The Labute approximate surface area is 164 Å². The molecule has 144 valence electrons. The predicted octanol–water partition coefficient (Wildman–Crippen LogP) is 3.93. The highest BCUT2D eigenvalue weighted by Crippen LogP contribution is 2.33. The third kappa shape index (κ3) is 4.22. The minimum atomic E-state index is -0.822. The summed E-state index contributed by atoms with van der Waals surface area (Å²) in [5.41, 5.74) is 1.72. The number of nitrogens with zero attached hydrogens (tertiary/aromatic N) is 1. The van der Waals surface area contributed by atoms with Gasteiger partial charge in [-0.1, -0.05) is 0 Å². The lowest BCUT2D eigenvalue weighted by atomic mass is 10.1. The number of carbonyl (C=O) groups excluding carboxylic acids is 1. The predicted molar refractivity (Wildman–Crippen MR) is 101 cm³/mol. The highest BCUT2D eigenvalue weighted by atomic mass is 79.9. The molecule has 0 aromatic heterocycles. The molecule has 5 nitrogen and oxygen atoms in total. The Morgan fingerprint density at radius 1 is 1.33 bits per heavy atom. The van der Waals surface area contributed by atoms with Crippen molar-refractivity contribution in [2.45, 2.75) is 19.4 Å². The number of nitrogens with one attached hydrogen (secondary N) is 1. The van der Waals surface area contributed by atoms with Gasteiger partial charge in [0.05, 0.1) is 29.4 Å². The molecule has 0 radical (unpaired) electrons. The van der Waals surface area contributed by atoms with Gasteiger partial charge in [-0.25, -0.2) is 13.6 Å². The molecule has 2 aromatic carbocycles. The van der Waals surface area contributed by atoms with Crippen LogP contribution >= 0.6 is 15.9 Å². The molecule has 1 atom stereocenters. The lowest BCUT2D eigenvalue weighted by molar-refractivity contribution is 0.221. The Bertz CT molecular complexity index is 863. The van der Waals surface area contributed by atoms with Gasteiger partial charge < -0.3 is 15.2 Å². The highest BCUT2D eigenvalue weighted by molar-refractivity contribution is 9.10. The fourth-order valence-corrected chi connectivity index (χ4v) is 3.48. The second kappa shape index (κ2) is 8.22. The van der Waals surface area contributed by atoms with Crippen LogP contribution in [0.2, 0.25) is 0 Å². The number of fused-ring (bicyclic) bond motifs is 1. The molecule has 8 heteroatoms. The summed E-state index contributed by atoms with van der Waals surface area (Å²) in [7, 11) is 0. The number of urea groups is 1. The van der Waals surface area contributed by atoms with E-state index in [-0.39, 0.29) is 0 Å². The van der Waals surface area contributed by atoms with Crippen LogP contribution in [0.4, 0.5) is 19.3 Å². The number of benzene rings is 2. The van der Waals surface area contributed by atoms with Crippen LogP contribution in [0.25, 0.3) is 0 Å². The lowest BCUT2D eigenvalue weighted by Crippen LogP contribution is -2.42. The van der Waals surface area contributed by atoms with Gasteiger partial charge in [-0.05, 0) is 64.7 Å². The summed E-state index contributed by atoms with van der Waals surface area (Å²) >= 11 is 3.14. The van der Waals surface area contributed by atoms with Crippen molar-refractivity contribution >= 4 is 27.6 Å². The minimum Gasteiger partial charge on any atom is -0.494 e. The van der Waals surface area contributed by atoms with Crippen molar-refractivity contribution in [1.29, 1.82) is 0 Å². The maximum Gasteiger partial charge on any atom is 0.322 e. The summed E-state index contributed by atoms with van der Waals surface area (Å²) in [6.45, 7) is 2.11. The first-order valence-corrected chi connectivity index (χ1v) is 9.32. The summed E-state index contributed by atoms with van der Waals surface area (Å²) in [6.07, 6.45) is 0.597. The first-order valence-electron chi connectivity index (χ1n) is 8.53. The molecule has 3 rings (SSSR count). The molecule has 1 heterocycles. The lowest BCUT2D eigenvalue weighted by Gasteiger charge is -2.23. The Kier molecular flexibility index (Phi) is 5.96. The summed E-state index contributed by atoms with van der Waals surface area (Å²) < 4.78 is 33.4. The van der Waals surface area contributed by atoms with Crippen molar-refractivity contribution in [3.05, 3.63) is 57.6 Å². The van der Waals surface area contributed by atoms with Crippen LogP contribution in [0.1, 0.15) is 24.1 Å². The average molecular weight is 441 g/mol. The minimum absolute atomic E-state index is 0.318. The summed E-state index contributed by atoms with van der Waals surface area (Å²) in [4.78, 5) is 14.1. The van der Waals surface area contributed by atoms with E-state index in [1.807, 2.05) is 0 Å². The number of carbonyl (C=O) groups is 1. The number of ether oxygens (including phenoxy) is 1. The van der Waals surface area contributed by atoms with Crippen LogP contribution in [-0.2, 0) is 6.42 Å². The molecule has 2 aromatic rings. The van der Waals surface area contributed by atoms with E-state index in [1.54, 1.807) is 19.1 Å². The van der Waals surface area contributed by atoms with E-state index >= 15 is 0 Å². The van der Waals surface area contributed by atoms with E-state index in [1.165, 1.54) is 23.1 Å². The molecule has 0 bridgehead atoms. The van der Waals surface area contributed by atoms with Gasteiger partial charge in [0.2, 0.25) is 0 Å². The average Bonchev–Trinajstić information content (AvgIpc) is 3.02. The molecule has 0 aliphatic carbocycles. The molecule has 2 N–H and O–H groups in total. The van der Waals surface area contributed by atoms with Crippen LogP contribution in [0.5, 0.6) is 5.75 Å². The van der Waals surface area contributed by atoms with Gasteiger partial charge in [0.1, 0.15) is 17.4 Å². The normalized spacial score (nSPS) is 14.0. The number of amides is 2. The Balaban J connectivity index is 1.80. The summed E-state index contributed by atoms with van der Waals surface area (Å²) in [6, 6.07) is 5.69. The van der Waals surface area contributed by atoms with Crippen LogP contribution in [0.15, 0.2) is 34.8 Å². The smallest absolute Gasteiger partial charge is 0.322 e. The SMILES string of the molecule is CCOc1cc(F)cc([C@@H](CO)NC(=O)N2CCc3cc(Br)c(F)cc32)c1. The number of aliphatic hydroxyl groups is 1. The molecular weight excluding hydrogens is 422 g/mol. The molecule has 0 saturated heterocycles. The maximum absolute atomic E-state index is 13.9. The topological polar surface area (TPSA) is 61.8 Å². The van der Waals surface area contributed by atoms with E-state index in [0.29, 0.717) is 41.0 Å². The molecule has 0 unspecified atom stereocenters. The molecule has 0 spiro atoms. The molecule has 1 aliphatic rings. The van der Waals surface area contributed by atoms with E-state index in [2.05, 4.69) is 21.2 Å².